The fourth-order valence-electron chi connectivity index (χ4n) is 2.77. The fourth-order valence-corrected chi connectivity index (χ4v) is 2.77. The third-order valence-corrected chi connectivity index (χ3v) is 3.87. The van der Waals surface area contributed by atoms with Gasteiger partial charge in [-0.05, 0) is 19.4 Å². The zero-order chi connectivity index (χ0) is 17.8. The molecule has 0 radical (unpaired) electrons. The Bertz CT molecular complexity index is 904. The zero-order valence-corrected chi connectivity index (χ0v) is 14.5. The molecular formula is C18H20N4O3. The van der Waals surface area contributed by atoms with E-state index in [9.17, 15) is 4.79 Å². The molecule has 0 fully saturated rings. The first-order valence-corrected chi connectivity index (χ1v) is 8.25. The molecule has 2 aromatic heterocycles. The number of para-hydroxylation sites is 1. The summed E-state index contributed by atoms with van der Waals surface area (Å²) in [7, 11) is 1.62. The Kier molecular flexibility index (Phi) is 4.92. The Labute approximate surface area is 145 Å². The predicted molar refractivity (Wildman–Crippen MR) is 92.7 cm³/mol. The van der Waals surface area contributed by atoms with Crippen LogP contribution in [0.15, 0.2) is 30.5 Å². The van der Waals surface area contributed by atoms with Gasteiger partial charge in [-0.25, -0.2) is 9.31 Å². The van der Waals surface area contributed by atoms with E-state index in [-0.39, 0.29) is 12.3 Å². The van der Waals surface area contributed by atoms with Gasteiger partial charge in [-0.15, -0.1) is 10.2 Å². The summed E-state index contributed by atoms with van der Waals surface area (Å²) in [6.07, 6.45) is 3.21. The van der Waals surface area contributed by atoms with E-state index in [1.807, 2.05) is 31.2 Å². The molecule has 7 heteroatoms. The molecule has 1 aromatic carbocycles. The molecule has 0 bridgehead atoms. The third-order valence-electron chi connectivity index (χ3n) is 3.87. The maximum absolute atomic E-state index is 12.2. The first-order chi connectivity index (χ1) is 12.2. The highest BCUT2D eigenvalue weighted by Gasteiger charge is 2.21. The van der Waals surface area contributed by atoms with Crippen molar-refractivity contribution in [1.29, 1.82) is 0 Å². The van der Waals surface area contributed by atoms with Gasteiger partial charge in [0.1, 0.15) is 5.75 Å². The van der Waals surface area contributed by atoms with E-state index in [4.69, 9.17) is 9.47 Å². The highest BCUT2D eigenvalue weighted by atomic mass is 16.5. The van der Waals surface area contributed by atoms with Gasteiger partial charge in [-0.3, -0.25) is 0 Å². The Morgan fingerprint density at radius 3 is 2.68 bits per heavy atom. The summed E-state index contributed by atoms with van der Waals surface area (Å²) in [5, 5.41) is 12.8. The molecule has 7 nitrogen and oxygen atoms in total. The van der Waals surface area contributed by atoms with E-state index in [0.717, 1.165) is 23.3 Å². The van der Waals surface area contributed by atoms with Crippen LogP contribution in [-0.2, 0) is 11.2 Å². The van der Waals surface area contributed by atoms with Gasteiger partial charge in [0.2, 0.25) is 0 Å². The molecule has 2 heterocycles. The zero-order valence-electron chi connectivity index (χ0n) is 14.5. The topological polar surface area (TPSA) is 78.6 Å². The van der Waals surface area contributed by atoms with E-state index in [1.54, 1.807) is 24.7 Å². The van der Waals surface area contributed by atoms with Gasteiger partial charge < -0.3 is 9.47 Å². The van der Waals surface area contributed by atoms with E-state index in [1.165, 1.54) is 0 Å². The van der Waals surface area contributed by atoms with E-state index < -0.39 is 5.97 Å². The van der Waals surface area contributed by atoms with Crippen LogP contribution < -0.4 is 4.74 Å². The molecule has 0 atom stereocenters. The Morgan fingerprint density at radius 1 is 1.16 bits per heavy atom. The van der Waals surface area contributed by atoms with E-state index in [0.29, 0.717) is 17.8 Å². The molecule has 25 heavy (non-hydrogen) atoms. The van der Waals surface area contributed by atoms with Crippen molar-refractivity contribution in [2.75, 3.05) is 13.7 Å². The molecular weight excluding hydrogens is 320 g/mol. The van der Waals surface area contributed by atoms with Crippen LogP contribution in [0.1, 0.15) is 36.5 Å². The monoisotopic (exact) mass is 340 g/mol. The van der Waals surface area contributed by atoms with Crippen molar-refractivity contribution in [3.05, 3.63) is 41.9 Å². The van der Waals surface area contributed by atoms with Crippen LogP contribution in [0.3, 0.4) is 0 Å². The molecule has 0 aliphatic carbocycles. The number of methoxy groups -OCH3 is 1. The summed E-state index contributed by atoms with van der Waals surface area (Å²) in [6, 6.07) is 7.65. The van der Waals surface area contributed by atoms with Crippen LogP contribution in [0.2, 0.25) is 0 Å². The number of aryl methyl sites for hydroxylation is 1. The maximum Gasteiger partial charge on any atom is 0.360 e. The number of nitrogens with zero attached hydrogens (tertiary/aromatic N) is 4. The minimum Gasteiger partial charge on any atom is -0.496 e. The molecule has 0 saturated heterocycles. The van der Waals surface area contributed by atoms with Crippen molar-refractivity contribution in [1.82, 2.24) is 19.8 Å². The number of carbonyl (C=O) groups is 1. The lowest BCUT2D eigenvalue weighted by Crippen LogP contribution is -2.16. The Hall–Kier alpha value is -2.96. The maximum atomic E-state index is 12.2. The van der Waals surface area contributed by atoms with Crippen LogP contribution in [0.4, 0.5) is 0 Å². The second-order valence-electron chi connectivity index (χ2n) is 5.46. The molecule has 0 unspecified atom stereocenters. The fraction of sp³-hybridized carbons (Fsp3) is 0.333. The lowest BCUT2D eigenvalue weighted by molar-refractivity contribution is 0.0515. The van der Waals surface area contributed by atoms with Gasteiger partial charge in [-0.2, -0.15) is 5.10 Å². The largest absolute Gasteiger partial charge is 0.496 e. The molecule has 0 saturated carbocycles. The van der Waals surface area contributed by atoms with Crippen LogP contribution >= 0.6 is 0 Å². The van der Waals surface area contributed by atoms with Gasteiger partial charge in [0, 0.05) is 5.56 Å². The SMILES string of the molecule is CCCc1c(C(=O)OCC)nnc2c(-c3ccccc3OC)cnn12. The van der Waals surface area contributed by atoms with Gasteiger partial charge >= 0.3 is 5.97 Å². The van der Waals surface area contributed by atoms with Crippen LogP contribution in [-0.4, -0.2) is 39.5 Å². The van der Waals surface area contributed by atoms with E-state index in [2.05, 4.69) is 15.3 Å². The summed E-state index contributed by atoms with van der Waals surface area (Å²) in [4.78, 5) is 12.2. The molecule has 3 rings (SSSR count). The Morgan fingerprint density at radius 2 is 1.96 bits per heavy atom. The second-order valence-corrected chi connectivity index (χ2v) is 5.46. The molecule has 3 aromatic rings. The number of ether oxygens (including phenoxy) is 2. The van der Waals surface area contributed by atoms with Gasteiger partial charge in [0.15, 0.2) is 11.3 Å². The quantitative estimate of drug-likeness (QED) is 0.642. The number of benzene rings is 1. The highest BCUT2D eigenvalue weighted by Crippen LogP contribution is 2.32. The third kappa shape index (κ3) is 3.05. The number of esters is 1. The average Bonchev–Trinajstić information content (AvgIpc) is 3.06. The van der Waals surface area contributed by atoms with Crippen molar-refractivity contribution >= 4 is 11.6 Å². The number of rotatable bonds is 6. The number of hydrogen-bond acceptors (Lipinski definition) is 6. The van der Waals surface area contributed by atoms with Crippen molar-refractivity contribution in [2.45, 2.75) is 26.7 Å². The summed E-state index contributed by atoms with van der Waals surface area (Å²) >= 11 is 0. The van der Waals surface area contributed by atoms with Gasteiger partial charge in [-0.1, -0.05) is 31.5 Å². The van der Waals surface area contributed by atoms with Gasteiger partial charge in [0.05, 0.1) is 31.2 Å². The van der Waals surface area contributed by atoms with Crippen molar-refractivity contribution in [3.63, 3.8) is 0 Å². The lowest BCUT2D eigenvalue weighted by Gasteiger charge is -2.09. The smallest absolute Gasteiger partial charge is 0.360 e. The summed E-state index contributed by atoms with van der Waals surface area (Å²) in [5.74, 6) is 0.250. The molecule has 130 valence electrons. The van der Waals surface area contributed by atoms with Crippen LogP contribution in [0, 0.1) is 0 Å². The first-order valence-electron chi connectivity index (χ1n) is 8.25. The molecule has 0 N–H and O–H groups in total. The minimum atomic E-state index is -0.477. The minimum absolute atomic E-state index is 0.214. The van der Waals surface area contributed by atoms with Gasteiger partial charge in [0.25, 0.3) is 0 Å². The number of aromatic nitrogens is 4. The Balaban J connectivity index is 2.19. The molecule has 0 spiro atoms. The standard InChI is InChI=1S/C18H20N4O3/c1-4-8-14-16(18(23)25-5-2)20-21-17-13(11-19-22(14)17)12-9-6-7-10-15(12)24-3/h6-7,9-11H,4-5,8H2,1-3H3. The van der Waals surface area contributed by atoms with E-state index >= 15 is 0 Å². The first kappa shape index (κ1) is 16.9. The highest BCUT2D eigenvalue weighted by molar-refractivity contribution is 5.89. The summed E-state index contributed by atoms with van der Waals surface area (Å²) in [5.41, 5.74) is 3.18. The van der Waals surface area contributed by atoms with Crippen LogP contribution in [0.25, 0.3) is 16.8 Å². The van der Waals surface area contributed by atoms with Crippen LogP contribution in [0.5, 0.6) is 5.75 Å². The molecule has 0 amide bonds. The molecule has 0 aliphatic heterocycles. The van der Waals surface area contributed by atoms with Crippen molar-refractivity contribution in [2.24, 2.45) is 0 Å². The number of fused-ring (bicyclic) bond motifs is 1. The van der Waals surface area contributed by atoms with Crippen molar-refractivity contribution in [3.8, 4) is 16.9 Å². The normalized spacial score (nSPS) is 10.8. The predicted octanol–water partition coefficient (Wildman–Crippen LogP) is 2.93. The summed E-state index contributed by atoms with van der Waals surface area (Å²) < 4.78 is 12.2. The van der Waals surface area contributed by atoms with Crippen molar-refractivity contribution < 1.29 is 14.3 Å². The summed E-state index contributed by atoms with van der Waals surface area (Å²) in [6.45, 7) is 4.08. The molecule has 0 aliphatic rings. The average molecular weight is 340 g/mol. The number of carbonyl (C=O) groups excluding carboxylic acids is 1. The lowest BCUT2D eigenvalue weighted by atomic mass is 10.1. The number of hydrogen-bond donors (Lipinski definition) is 0. The second kappa shape index (κ2) is 7.29.